The first kappa shape index (κ1) is 28.0. The van der Waals surface area contributed by atoms with Gasteiger partial charge in [-0.25, -0.2) is 4.79 Å². The average molecular weight is 519 g/mol. The molecule has 200 valence electrons. The first-order chi connectivity index (χ1) is 17.8. The standard InChI is InChI=1S/C25H30N2O10/c28-12-18-20(30)21(31)22(32)24(37-18)27-23(33)17(11-19(29)35-13-15-7-3-1-4-8-15)26-25(34)36-14-16-9-5-2-6-10-16/h1-10,17-18,20-22,24,28,30-32H,11-14H2,(H,26,34)(H,27,33)/t17-,18+,20+,21-,22+,24+/m0/s1. The summed E-state index contributed by atoms with van der Waals surface area (Å²) in [5.41, 5.74) is 1.41. The number of esters is 1. The van der Waals surface area contributed by atoms with Gasteiger partial charge in [0.25, 0.3) is 0 Å². The average Bonchev–Trinajstić information content (AvgIpc) is 2.91. The smallest absolute Gasteiger partial charge is 0.408 e. The fourth-order valence-corrected chi connectivity index (χ4v) is 3.54. The van der Waals surface area contributed by atoms with E-state index in [1.54, 1.807) is 60.7 Å². The molecule has 1 heterocycles. The molecule has 0 aliphatic carbocycles. The summed E-state index contributed by atoms with van der Waals surface area (Å²) < 4.78 is 15.6. The number of hydrogen-bond acceptors (Lipinski definition) is 10. The number of aliphatic hydroxyl groups excluding tert-OH is 4. The largest absolute Gasteiger partial charge is 0.461 e. The minimum Gasteiger partial charge on any atom is -0.461 e. The molecular weight excluding hydrogens is 488 g/mol. The number of carbonyl (C=O) groups excluding carboxylic acids is 3. The van der Waals surface area contributed by atoms with Crippen LogP contribution in [0.3, 0.4) is 0 Å². The highest BCUT2D eigenvalue weighted by atomic mass is 16.6. The van der Waals surface area contributed by atoms with Crippen molar-refractivity contribution in [1.29, 1.82) is 0 Å². The molecule has 1 aliphatic rings. The second kappa shape index (κ2) is 13.7. The highest BCUT2D eigenvalue weighted by Gasteiger charge is 2.44. The topological polar surface area (TPSA) is 184 Å². The summed E-state index contributed by atoms with van der Waals surface area (Å²) in [5.74, 6) is -1.76. The number of hydrogen-bond donors (Lipinski definition) is 6. The van der Waals surface area contributed by atoms with Crippen LogP contribution in [0.15, 0.2) is 60.7 Å². The number of amides is 2. The zero-order valence-corrected chi connectivity index (χ0v) is 19.8. The molecule has 0 bridgehead atoms. The molecule has 1 saturated heterocycles. The first-order valence-corrected chi connectivity index (χ1v) is 11.6. The Bertz CT molecular complexity index is 963. The molecule has 2 aromatic rings. The third kappa shape index (κ3) is 8.23. The zero-order chi connectivity index (χ0) is 26.8. The molecule has 6 atom stereocenters. The van der Waals surface area contributed by atoms with Gasteiger partial charge in [0.2, 0.25) is 5.91 Å². The highest BCUT2D eigenvalue weighted by Crippen LogP contribution is 2.20. The lowest BCUT2D eigenvalue weighted by atomic mass is 9.98. The van der Waals surface area contributed by atoms with Crippen LogP contribution in [0.5, 0.6) is 0 Å². The molecule has 0 spiro atoms. The van der Waals surface area contributed by atoms with Crippen LogP contribution in [0.1, 0.15) is 17.5 Å². The zero-order valence-electron chi connectivity index (χ0n) is 19.8. The highest BCUT2D eigenvalue weighted by molar-refractivity contribution is 5.89. The number of rotatable bonds is 10. The van der Waals surface area contributed by atoms with Crippen LogP contribution in [-0.4, -0.2) is 81.7 Å². The van der Waals surface area contributed by atoms with E-state index in [-0.39, 0.29) is 13.2 Å². The summed E-state index contributed by atoms with van der Waals surface area (Å²) in [6, 6.07) is 16.1. The minimum absolute atomic E-state index is 0.0564. The van der Waals surface area contributed by atoms with Gasteiger partial charge >= 0.3 is 12.1 Å². The molecule has 0 saturated carbocycles. The molecule has 12 nitrogen and oxygen atoms in total. The first-order valence-electron chi connectivity index (χ1n) is 11.6. The summed E-state index contributed by atoms with van der Waals surface area (Å²) in [7, 11) is 0. The van der Waals surface area contributed by atoms with E-state index in [1.807, 2.05) is 0 Å². The van der Waals surface area contributed by atoms with E-state index in [0.717, 1.165) is 0 Å². The van der Waals surface area contributed by atoms with Crippen LogP contribution in [0, 0.1) is 0 Å². The van der Waals surface area contributed by atoms with Gasteiger partial charge in [0, 0.05) is 0 Å². The summed E-state index contributed by atoms with van der Waals surface area (Å²) in [6.45, 7) is -0.845. The second-order valence-corrected chi connectivity index (χ2v) is 8.37. The van der Waals surface area contributed by atoms with Crippen molar-refractivity contribution in [1.82, 2.24) is 10.6 Å². The molecule has 2 aromatic carbocycles. The van der Waals surface area contributed by atoms with Gasteiger partial charge in [-0.05, 0) is 11.1 Å². The van der Waals surface area contributed by atoms with E-state index in [4.69, 9.17) is 14.2 Å². The SMILES string of the molecule is O=C(C[C@H](NC(=O)OCc1ccccc1)C(=O)N[C@@H]1O[C@H](CO)[C@@H](O)[C@H](O)[C@H]1O)OCc1ccccc1. The third-order valence-corrected chi connectivity index (χ3v) is 5.61. The minimum atomic E-state index is -1.75. The van der Waals surface area contributed by atoms with Gasteiger partial charge in [-0.15, -0.1) is 0 Å². The lowest BCUT2D eigenvalue weighted by Crippen LogP contribution is -2.64. The van der Waals surface area contributed by atoms with Crippen molar-refractivity contribution >= 4 is 18.0 Å². The van der Waals surface area contributed by atoms with Crippen molar-refractivity contribution < 1.29 is 49.0 Å². The van der Waals surface area contributed by atoms with Crippen LogP contribution in [0.25, 0.3) is 0 Å². The van der Waals surface area contributed by atoms with Gasteiger partial charge in [-0.3, -0.25) is 9.59 Å². The molecule has 0 radical (unpaired) electrons. The Labute approximate surface area is 212 Å². The third-order valence-electron chi connectivity index (χ3n) is 5.61. The van der Waals surface area contributed by atoms with Crippen molar-refractivity contribution in [3.05, 3.63) is 71.8 Å². The van der Waals surface area contributed by atoms with Crippen molar-refractivity contribution in [2.24, 2.45) is 0 Å². The maximum absolute atomic E-state index is 13.0. The molecule has 3 rings (SSSR count). The number of aliphatic hydroxyl groups is 4. The van der Waals surface area contributed by atoms with Crippen molar-refractivity contribution in [2.45, 2.75) is 56.3 Å². The van der Waals surface area contributed by atoms with Gasteiger partial charge in [-0.2, -0.15) is 0 Å². The number of nitrogens with one attached hydrogen (secondary N) is 2. The Kier molecular flexibility index (Phi) is 10.4. The number of ether oxygens (including phenoxy) is 3. The molecule has 0 aromatic heterocycles. The van der Waals surface area contributed by atoms with Gasteiger partial charge in [0.1, 0.15) is 43.7 Å². The monoisotopic (exact) mass is 518 g/mol. The van der Waals surface area contributed by atoms with Gasteiger partial charge in [0.15, 0.2) is 6.23 Å². The van der Waals surface area contributed by atoms with E-state index < -0.39 is 67.7 Å². The summed E-state index contributed by atoms with van der Waals surface area (Å²) in [5, 5.41) is 44.0. The normalized spacial score (nSPS) is 23.9. The van der Waals surface area contributed by atoms with Gasteiger partial charge in [0.05, 0.1) is 13.0 Å². The van der Waals surface area contributed by atoms with Crippen LogP contribution >= 0.6 is 0 Å². The summed E-state index contributed by atoms with van der Waals surface area (Å²) in [6.07, 6.45) is -9.49. The Hall–Kier alpha value is -3.55. The van der Waals surface area contributed by atoms with Gasteiger partial charge in [-0.1, -0.05) is 60.7 Å². The Morgan fingerprint density at radius 2 is 1.41 bits per heavy atom. The van der Waals surface area contributed by atoms with Crippen LogP contribution < -0.4 is 10.6 Å². The van der Waals surface area contributed by atoms with Crippen molar-refractivity contribution in [3.63, 3.8) is 0 Å². The predicted molar refractivity (Wildman–Crippen MR) is 126 cm³/mol. The second-order valence-electron chi connectivity index (χ2n) is 8.37. The number of alkyl carbamates (subject to hydrolysis) is 1. The lowest BCUT2D eigenvalue weighted by Gasteiger charge is -2.40. The summed E-state index contributed by atoms with van der Waals surface area (Å²) >= 11 is 0. The molecule has 1 fully saturated rings. The van der Waals surface area contributed by atoms with E-state index in [1.165, 1.54) is 0 Å². The van der Waals surface area contributed by atoms with E-state index in [2.05, 4.69) is 10.6 Å². The maximum atomic E-state index is 13.0. The number of carbonyl (C=O) groups is 3. The van der Waals surface area contributed by atoms with Crippen molar-refractivity contribution in [3.8, 4) is 0 Å². The Morgan fingerprint density at radius 3 is 1.97 bits per heavy atom. The van der Waals surface area contributed by atoms with Crippen LogP contribution in [0.2, 0.25) is 0 Å². The molecular formula is C25H30N2O10. The van der Waals surface area contributed by atoms with Crippen LogP contribution in [-0.2, 0) is 37.0 Å². The van der Waals surface area contributed by atoms with Gasteiger partial charge < -0.3 is 45.3 Å². The van der Waals surface area contributed by atoms with E-state index in [0.29, 0.717) is 11.1 Å². The van der Waals surface area contributed by atoms with Crippen molar-refractivity contribution in [2.75, 3.05) is 6.61 Å². The lowest BCUT2D eigenvalue weighted by molar-refractivity contribution is -0.236. The Balaban J connectivity index is 1.64. The molecule has 1 aliphatic heterocycles. The molecule has 6 N–H and O–H groups in total. The molecule has 12 heteroatoms. The predicted octanol–water partition coefficient (Wildman–Crippen LogP) is -0.669. The van der Waals surface area contributed by atoms with E-state index >= 15 is 0 Å². The fourth-order valence-electron chi connectivity index (χ4n) is 3.54. The Morgan fingerprint density at radius 1 is 0.838 bits per heavy atom. The molecule has 2 amide bonds. The molecule has 0 unspecified atom stereocenters. The van der Waals surface area contributed by atoms with Crippen LogP contribution in [0.4, 0.5) is 4.79 Å². The van der Waals surface area contributed by atoms with E-state index in [9.17, 15) is 34.8 Å². The summed E-state index contributed by atoms with van der Waals surface area (Å²) in [4.78, 5) is 37.8. The quantitative estimate of drug-likeness (QED) is 0.221. The number of benzene rings is 2. The molecule has 37 heavy (non-hydrogen) atoms. The maximum Gasteiger partial charge on any atom is 0.408 e. The fraction of sp³-hybridized carbons (Fsp3) is 0.400.